The maximum atomic E-state index is 11.9. The Morgan fingerprint density at radius 1 is 1.24 bits per heavy atom. The molecule has 0 heterocycles. The minimum absolute atomic E-state index is 0.000657. The molecule has 1 aromatic carbocycles. The first-order chi connectivity index (χ1) is 10.0. The van der Waals surface area contributed by atoms with E-state index in [-0.39, 0.29) is 6.42 Å². The molecule has 116 valence electrons. The van der Waals surface area contributed by atoms with E-state index in [2.05, 4.69) is 10.1 Å². The van der Waals surface area contributed by atoms with Gasteiger partial charge >= 0.3 is 5.97 Å². The summed E-state index contributed by atoms with van der Waals surface area (Å²) in [7, 11) is 4.20. The molecule has 0 radical (unpaired) electrons. The fourth-order valence-electron chi connectivity index (χ4n) is 1.74. The van der Waals surface area contributed by atoms with E-state index in [9.17, 15) is 9.59 Å². The summed E-state index contributed by atoms with van der Waals surface area (Å²) in [5.74, 6) is -0.0163. The molecule has 1 amide bonds. The lowest BCUT2D eigenvalue weighted by atomic mass is 10.1. The fourth-order valence-corrected chi connectivity index (χ4v) is 1.74. The number of amides is 1. The second kappa shape index (κ2) is 8.11. The Bertz CT molecular complexity index is 502. The summed E-state index contributed by atoms with van der Waals surface area (Å²) in [5, 5.41) is 11.5. The van der Waals surface area contributed by atoms with Gasteiger partial charge in [0.05, 0.1) is 34.4 Å². The second-order valence-corrected chi connectivity index (χ2v) is 4.18. The number of nitrogens with one attached hydrogen (secondary N) is 1. The number of esters is 1. The number of carbonyl (C=O) groups is 2. The van der Waals surface area contributed by atoms with Gasteiger partial charge in [0.25, 0.3) is 0 Å². The van der Waals surface area contributed by atoms with Crippen molar-refractivity contribution in [3.8, 4) is 11.5 Å². The van der Waals surface area contributed by atoms with Crippen LogP contribution in [-0.4, -0.2) is 51.0 Å². The first kappa shape index (κ1) is 16.8. The van der Waals surface area contributed by atoms with Gasteiger partial charge in [0.2, 0.25) is 5.91 Å². The molecule has 1 aromatic rings. The van der Waals surface area contributed by atoms with Gasteiger partial charge < -0.3 is 24.6 Å². The largest absolute Gasteiger partial charge is 0.497 e. The maximum Gasteiger partial charge on any atom is 0.330 e. The van der Waals surface area contributed by atoms with E-state index in [1.54, 1.807) is 18.2 Å². The third-order valence-corrected chi connectivity index (χ3v) is 2.85. The first-order valence-electron chi connectivity index (χ1n) is 6.24. The average Bonchev–Trinajstić information content (AvgIpc) is 2.52. The third kappa shape index (κ3) is 4.64. The van der Waals surface area contributed by atoms with E-state index in [0.29, 0.717) is 17.1 Å². The van der Waals surface area contributed by atoms with E-state index in [4.69, 9.17) is 14.6 Å². The third-order valence-electron chi connectivity index (χ3n) is 2.85. The Labute approximate surface area is 122 Å². The summed E-state index contributed by atoms with van der Waals surface area (Å²) in [5.41, 5.74) is 0.636. The predicted molar refractivity (Wildman–Crippen MR) is 74.3 cm³/mol. The van der Waals surface area contributed by atoms with Crippen LogP contribution in [0.5, 0.6) is 11.5 Å². The van der Waals surface area contributed by atoms with Gasteiger partial charge in [-0.15, -0.1) is 0 Å². The van der Waals surface area contributed by atoms with E-state index in [1.807, 2.05) is 0 Å². The molecule has 1 atom stereocenters. The summed E-state index contributed by atoms with van der Waals surface area (Å²) >= 11 is 0. The van der Waals surface area contributed by atoms with Crippen molar-refractivity contribution in [1.82, 2.24) is 5.32 Å². The van der Waals surface area contributed by atoms with Crippen LogP contribution in [0.25, 0.3) is 0 Å². The molecule has 0 aliphatic heterocycles. The van der Waals surface area contributed by atoms with Crippen LogP contribution in [0, 0.1) is 0 Å². The number of carbonyl (C=O) groups excluding carboxylic acids is 2. The minimum atomic E-state index is -1.08. The number of aliphatic hydroxyl groups excluding tert-OH is 1. The van der Waals surface area contributed by atoms with E-state index in [0.717, 1.165) is 0 Å². The number of methoxy groups -OCH3 is 3. The highest BCUT2D eigenvalue weighted by Crippen LogP contribution is 2.24. The lowest BCUT2D eigenvalue weighted by Gasteiger charge is -2.15. The maximum absolute atomic E-state index is 11.9. The zero-order valence-corrected chi connectivity index (χ0v) is 12.2. The van der Waals surface area contributed by atoms with Crippen molar-refractivity contribution in [3.63, 3.8) is 0 Å². The van der Waals surface area contributed by atoms with Gasteiger partial charge in [-0.25, -0.2) is 4.79 Å². The van der Waals surface area contributed by atoms with Gasteiger partial charge in [0.1, 0.15) is 11.5 Å². The van der Waals surface area contributed by atoms with Crippen molar-refractivity contribution in [3.05, 3.63) is 23.8 Å². The summed E-state index contributed by atoms with van der Waals surface area (Å²) in [4.78, 5) is 23.2. The molecule has 2 N–H and O–H groups in total. The number of hydrogen-bond donors (Lipinski definition) is 2. The topological polar surface area (TPSA) is 94.1 Å². The van der Waals surface area contributed by atoms with Gasteiger partial charge in [-0.2, -0.15) is 0 Å². The van der Waals surface area contributed by atoms with Gasteiger partial charge in [0, 0.05) is 11.6 Å². The normalized spacial score (nSPS) is 11.4. The Kier molecular flexibility index (Phi) is 6.48. The highest BCUT2D eigenvalue weighted by atomic mass is 16.5. The smallest absolute Gasteiger partial charge is 0.330 e. The SMILES string of the molecule is COC(=O)C(CO)NC(=O)Cc1ccc(OC)cc1OC. The van der Waals surface area contributed by atoms with Crippen molar-refractivity contribution in [1.29, 1.82) is 0 Å². The lowest BCUT2D eigenvalue weighted by molar-refractivity contribution is -0.146. The molecule has 0 saturated carbocycles. The lowest BCUT2D eigenvalue weighted by Crippen LogP contribution is -2.44. The quantitative estimate of drug-likeness (QED) is 0.682. The van der Waals surface area contributed by atoms with E-state index < -0.39 is 24.5 Å². The van der Waals surface area contributed by atoms with Crippen LogP contribution in [0.15, 0.2) is 18.2 Å². The average molecular weight is 297 g/mol. The Balaban J connectivity index is 2.76. The highest BCUT2D eigenvalue weighted by molar-refractivity contribution is 5.86. The van der Waals surface area contributed by atoms with Crippen molar-refractivity contribution in [2.24, 2.45) is 0 Å². The summed E-state index contributed by atoms with van der Waals surface area (Å²) in [6.07, 6.45) is 0.000657. The standard InChI is InChI=1S/C14H19NO6/c1-19-10-5-4-9(12(7-10)20-2)6-13(17)15-11(8-16)14(18)21-3/h4-5,7,11,16H,6,8H2,1-3H3,(H,15,17). The molecule has 0 spiro atoms. The van der Waals surface area contributed by atoms with Crippen LogP contribution in [0.1, 0.15) is 5.56 Å². The molecule has 0 saturated heterocycles. The van der Waals surface area contributed by atoms with Gasteiger partial charge in [-0.3, -0.25) is 4.79 Å². The van der Waals surface area contributed by atoms with Crippen LogP contribution < -0.4 is 14.8 Å². The van der Waals surface area contributed by atoms with Crippen molar-refractivity contribution < 1.29 is 28.9 Å². The van der Waals surface area contributed by atoms with Gasteiger partial charge in [-0.1, -0.05) is 6.07 Å². The molecular formula is C14H19NO6. The van der Waals surface area contributed by atoms with Crippen LogP contribution >= 0.6 is 0 Å². The van der Waals surface area contributed by atoms with Crippen LogP contribution in [-0.2, 0) is 20.7 Å². The molecule has 0 fully saturated rings. The molecule has 1 unspecified atom stereocenters. The number of hydrogen-bond acceptors (Lipinski definition) is 6. The monoisotopic (exact) mass is 297 g/mol. The molecule has 0 aliphatic carbocycles. The first-order valence-corrected chi connectivity index (χ1v) is 6.24. The molecule has 7 nitrogen and oxygen atoms in total. The van der Waals surface area contributed by atoms with Crippen molar-refractivity contribution in [2.75, 3.05) is 27.9 Å². The second-order valence-electron chi connectivity index (χ2n) is 4.18. The zero-order chi connectivity index (χ0) is 15.8. The zero-order valence-electron chi connectivity index (χ0n) is 12.2. The number of ether oxygens (including phenoxy) is 3. The van der Waals surface area contributed by atoms with Crippen molar-refractivity contribution in [2.45, 2.75) is 12.5 Å². The number of aliphatic hydroxyl groups is 1. The van der Waals surface area contributed by atoms with Crippen LogP contribution in [0.2, 0.25) is 0 Å². The Morgan fingerprint density at radius 3 is 2.48 bits per heavy atom. The molecule has 7 heteroatoms. The molecular weight excluding hydrogens is 278 g/mol. The summed E-state index contributed by atoms with van der Waals surface area (Å²) < 4.78 is 14.7. The molecule has 0 aromatic heterocycles. The Morgan fingerprint density at radius 2 is 1.95 bits per heavy atom. The molecule has 0 aliphatic rings. The van der Waals surface area contributed by atoms with Gasteiger partial charge in [-0.05, 0) is 6.07 Å². The predicted octanol–water partition coefficient (Wildman–Crippen LogP) is -0.104. The molecule has 1 rings (SSSR count). The van der Waals surface area contributed by atoms with Gasteiger partial charge in [0.15, 0.2) is 6.04 Å². The molecule has 21 heavy (non-hydrogen) atoms. The van der Waals surface area contributed by atoms with Crippen molar-refractivity contribution >= 4 is 11.9 Å². The van der Waals surface area contributed by atoms with Crippen LogP contribution in [0.3, 0.4) is 0 Å². The van der Waals surface area contributed by atoms with Crippen LogP contribution in [0.4, 0.5) is 0 Å². The van der Waals surface area contributed by atoms with E-state index >= 15 is 0 Å². The summed E-state index contributed by atoms with van der Waals surface area (Å²) in [6.45, 7) is -0.530. The summed E-state index contributed by atoms with van der Waals surface area (Å²) in [6, 6.07) is 3.98. The number of rotatable bonds is 7. The fraction of sp³-hybridized carbons (Fsp3) is 0.429. The van der Waals surface area contributed by atoms with E-state index in [1.165, 1.54) is 21.3 Å². The highest BCUT2D eigenvalue weighted by Gasteiger charge is 2.21. The minimum Gasteiger partial charge on any atom is -0.497 e. The molecule has 0 bridgehead atoms. The number of benzene rings is 1. The Hall–Kier alpha value is -2.28.